The molecular formula is C19H19N5O3. The molecule has 1 aromatic heterocycles. The predicted molar refractivity (Wildman–Crippen MR) is 99.7 cm³/mol. The van der Waals surface area contributed by atoms with Crippen molar-refractivity contribution in [1.29, 1.82) is 0 Å². The van der Waals surface area contributed by atoms with Crippen molar-refractivity contribution in [3.8, 4) is 0 Å². The fourth-order valence-electron chi connectivity index (χ4n) is 2.59. The van der Waals surface area contributed by atoms with Gasteiger partial charge in [0.1, 0.15) is 5.57 Å². The van der Waals surface area contributed by atoms with Crippen LogP contribution in [0, 0.1) is 0 Å². The van der Waals surface area contributed by atoms with E-state index in [0.29, 0.717) is 17.9 Å². The Hall–Kier alpha value is -3.55. The first kappa shape index (κ1) is 18.2. The summed E-state index contributed by atoms with van der Waals surface area (Å²) in [6.07, 6.45) is 4.92. The number of hydrogen-bond acceptors (Lipinski definition) is 6. The second kappa shape index (κ2) is 7.77. The van der Waals surface area contributed by atoms with Gasteiger partial charge in [-0.25, -0.2) is 14.8 Å². The van der Waals surface area contributed by atoms with E-state index in [-0.39, 0.29) is 12.1 Å². The van der Waals surface area contributed by atoms with Gasteiger partial charge in [-0.15, -0.1) is 0 Å². The molecule has 0 radical (unpaired) electrons. The molecule has 1 N–H and O–H groups in total. The Bertz CT molecular complexity index is 891. The first-order valence-electron chi connectivity index (χ1n) is 8.38. The van der Waals surface area contributed by atoms with Crippen molar-refractivity contribution in [3.05, 3.63) is 59.4 Å². The molecule has 1 fully saturated rings. The van der Waals surface area contributed by atoms with E-state index in [9.17, 15) is 14.4 Å². The molecule has 138 valence electrons. The number of nitrogens with one attached hydrogen (secondary N) is 1. The highest BCUT2D eigenvalue weighted by Crippen LogP contribution is 2.15. The van der Waals surface area contributed by atoms with Gasteiger partial charge in [0, 0.05) is 38.6 Å². The maximum Gasteiger partial charge on any atom is 0.331 e. The standard InChI is InChI=1S/C19H19N5O3/c1-23(2)18-20-11-14(12-21-18)10-15-16(25)22-19(27)24(17(15)26)9-8-13-6-4-3-5-7-13/h3-7,10-12H,8-9H2,1-2H3,(H,22,25,27). The van der Waals surface area contributed by atoms with Crippen LogP contribution in [0.15, 0.2) is 48.3 Å². The number of carbonyl (C=O) groups excluding carboxylic acids is 3. The number of nitrogens with zero attached hydrogens (tertiary/aromatic N) is 4. The van der Waals surface area contributed by atoms with Gasteiger partial charge in [0.2, 0.25) is 5.95 Å². The van der Waals surface area contributed by atoms with E-state index in [4.69, 9.17) is 0 Å². The second-order valence-corrected chi connectivity index (χ2v) is 6.22. The Morgan fingerprint density at radius 2 is 1.74 bits per heavy atom. The Kier molecular flexibility index (Phi) is 5.25. The normalized spacial score (nSPS) is 15.9. The lowest BCUT2D eigenvalue weighted by Crippen LogP contribution is -2.54. The van der Waals surface area contributed by atoms with E-state index in [2.05, 4.69) is 15.3 Å². The van der Waals surface area contributed by atoms with Crippen LogP contribution in [0.1, 0.15) is 11.1 Å². The number of barbiturate groups is 1. The molecule has 2 aromatic rings. The Labute approximate surface area is 156 Å². The van der Waals surface area contributed by atoms with Gasteiger partial charge in [0.15, 0.2) is 0 Å². The summed E-state index contributed by atoms with van der Waals surface area (Å²) >= 11 is 0. The maximum atomic E-state index is 12.7. The molecule has 2 heterocycles. The third-order valence-electron chi connectivity index (χ3n) is 4.02. The SMILES string of the molecule is CN(C)c1ncc(C=C2C(=O)NC(=O)N(CCc3ccccc3)C2=O)cn1. The molecule has 0 unspecified atom stereocenters. The van der Waals surface area contributed by atoms with Gasteiger partial charge in [-0.1, -0.05) is 30.3 Å². The lowest BCUT2D eigenvalue weighted by molar-refractivity contribution is -0.130. The summed E-state index contributed by atoms with van der Waals surface area (Å²) in [6.45, 7) is 0.176. The molecule has 1 aromatic carbocycles. The van der Waals surface area contributed by atoms with E-state index in [1.54, 1.807) is 4.90 Å². The van der Waals surface area contributed by atoms with Gasteiger partial charge in [0.25, 0.3) is 11.8 Å². The predicted octanol–water partition coefficient (Wildman–Crippen LogP) is 1.25. The first-order valence-corrected chi connectivity index (χ1v) is 8.38. The molecule has 27 heavy (non-hydrogen) atoms. The van der Waals surface area contributed by atoms with Crippen molar-refractivity contribution in [1.82, 2.24) is 20.2 Å². The van der Waals surface area contributed by atoms with Gasteiger partial charge in [-0.05, 0) is 18.1 Å². The van der Waals surface area contributed by atoms with Gasteiger partial charge < -0.3 is 4.90 Å². The highest BCUT2D eigenvalue weighted by atomic mass is 16.2. The fraction of sp³-hybridized carbons (Fsp3) is 0.211. The molecule has 8 nitrogen and oxygen atoms in total. The lowest BCUT2D eigenvalue weighted by Gasteiger charge is -2.26. The highest BCUT2D eigenvalue weighted by Gasteiger charge is 2.35. The zero-order valence-electron chi connectivity index (χ0n) is 15.0. The molecule has 1 aliphatic heterocycles. The van der Waals surface area contributed by atoms with E-state index < -0.39 is 17.8 Å². The molecule has 0 atom stereocenters. The molecule has 1 saturated heterocycles. The summed E-state index contributed by atoms with van der Waals surface area (Å²) in [7, 11) is 3.61. The van der Waals surface area contributed by atoms with E-state index in [1.807, 2.05) is 44.4 Å². The summed E-state index contributed by atoms with van der Waals surface area (Å²) in [5.74, 6) is -0.842. The zero-order chi connectivity index (χ0) is 19.4. The van der Waals surface area contributed by atoms with Crippen LogP contribution in [0.3, 0.4) is 0 Å². The number of anilines is 1. The van der Waals surface area contributed by atoms with Crippen molar-refractivity contribution < 1.29 is 14.4 Å². The van der Waals surface area contributed by atoms with Gasteiger partial charge in [-0.2, -0.15) is 0 Å². The Morgan fingerprint density at radius 1 is 1.07 bits per heavy atom. The summed E-state index contributed by atoms with van der Waals surface area (Å²) < 4.78 is 0. The monoisotopic (exact) mass is 365 g/mol. The van der Waals surface area contributed by atoms with Crippen LogP contribution in [0.5, 0.6) is 0 Å². The number of benzene rings is 1. The summed E-state index contributed by atoms with van der Waals surface area (Å²) in [5, 5.41) is 2.21. The number of hydrogen-bond donors (Lipinski definition) is 1. The highest BCUT2D eigenvalue weighted by molar-refractivity contribution is 6.30. The van der Waals surface area contributed by atoms with Crippen LogP contribution in [0.2, 0.25) is 0 Å². The largest absolute Gasteiger partial charge is 0.347 e. The van der Waals surface area contributed by atoms with Crippen molar-refractivity contribution in [3.63, 3.8) is 0 Å². The third-order valence-corrected chi connectivity index (χ3v) is 4.02. The number of urea groups is 1. The van der Waals surface area contributed by atoms with Gasteiger partial charge in [0.05, 0.1) is 0 Å². The van der Waals surface area contributed by atoms with Gasteiger partial charge in [-0.3, -0.25) is 19.8 Å². The molecule has 0 saturated carbocycles. The third kappa shape index (κ3) is 4.17. The number of rotatable bonds is 5. The van der Waals surface area contributed by atoms with Crippen molar-refractivity contribution in [2.45, 2.75) is 6.42 Å². The van der Waals surface area contributed by atoms with Crippen LogP contribution in [0.25, 0.3) is 6.08 Å². The van der Waals surface area contributed by atoms with Crippen LogP contribution in [-0.2, 0) is 16.0 Å². The van der Waals surface area contributed by atoms with Crippen molar-refractivity contribution >= 4 is 29.9 Å². The second-order valence-electron chi connectivity index (χ2n) is 6.22. The minimum Gasteiger partial charge on any atom is -0.347 e. The number of imide groups is 2. The summed E-state index contributed by atoms with van der Waals surface area (Å²) in [5.41, 5.74) is 1.37. The van der Waals surface area contributed by atoms with E-state index >= 15 is 0 Å². The number of amides is 4. The lowest BCUT2D eigenvalue weighted by atomic mass is 10.1. The topological polar surface area (TPSA) is 95.5 Å². The van der Waals surface area contributed by atoms with Crippen molar-refractivity contribution in [2.24, 2.45) is 0 Å². The van der Waals surface area contributed by atoms with Gasteiger partial charge >= 0.3 is 6.03 Å². The molecule has 0 bridgehead atoms. The average Bonchev–Trinajstić information content (AvgIpc) is 2.66. The van der Waals surface area contributed by atoms with Crippen LogP contribution >= 0.6 is 0 Å². The molecule has 0 spiro atoms. The van der Waals surface area contributed by atoms with E-state index in [0.717, 1.165) is 10.5 Å². The summed E-state index contributed by atoms with van der Waals surface area (Å²) in [6, 6.07) is 8.79. The van der Waals surface area contributed by atoms with Crippen LogP contribution in [0.4, 0.5) is 10.7 Å². The first-order chi connectivity index (χ1) is 13.0. The Balaban J connectivity index is 1.79. The number of carbonyl (C=O) groups is 3. The van der Waals surface area contributed by atoms with E-state index in [1.165, 1.54) is 18.5 Å². The van der Waals surface area contributed by atoms with Crippen molar-refractivity contribution in [2.75, 3.05) is 25.5 Å². The zero-order valence-corrected chi connectivity index (χ0v) is 15.0. The number of aromatic nitrogens is 2. The minimum absolute atomic E-state index is 0.121. The molecule has 3 rings (SSSR count). The molecular weight excluding hydrogens is 346 g/mol. The molecule has 4 amide bonds. The molecule has 0 aliphatic carbocycles. The Morgan fingerprint density at radius 3 is 2.37 bits per heavy atom. The average molecular weight is 365 g/mol. The summed E-state index contributed by atoms with van der Waals surface area (Å²) in [4.78, 5) is 47.9. The van der Waals surface area contributed by atoms with Crippen LogP contribution < -0.4 is 10.2 Å². The quantitative estimate of drug-likeness (QED) is 0.633. The molecule has 1 aliphatic rings. The maximum absolute atomic E-state index is 12.7. The van der Waals surface area contributed by atoms with Crippen LogP contribution in [-0.4, -0.2) is 53.4 Å². The fourth-order valence-corrected chi connectivity index (χ4v) is 2.59. The molecule has 8 heteroatoms. The minimum atomic E-state index is -0.724. The smallest absolute Gasteiger partial charge is 0.331 e.